The van der Waals surface area contributed by atoms with Crippen LogP contribution in [0.3, 0.4) is 0 Å². The normalized spacial score (nSPS) is 19.2. The molecule has 2 rings (SSSR count). The van der Waals surface area contributed by atoms with E-state index in [4.69, 9.17) is 10.6 Å². The van der Waals surface area contributed by atoms with E-state index in [9.17, 15) is 0 Å². The predicted octanol–water partition coefficient (Wildman–Crippen LogP) is 0.686. The monoisotopic (exact) mass is 237 g/mol. The molecule has 6 heteroatoms. The van der Waals surface area contributed by atoms with Crippen LogP contribution in [-0.4, -0.2) is 35.3 Å². The van der Waals surface area contributed by atoms with Gasteiger partial charge in [-0.05, 0) is 20.8 Å². The second kappa shape index (κ2) is 4.46. The minimum absolute atomic E-state index is 0.0646. The predicted molar refractivity (Wildman–Crippen MR) is 66.8 cm³/mol. The number of ether oxygens (including phenoxy) is 1. The van der Waals surface area contributed by atoms with Gasteiger partial charge in [-0.1, -0.05) is 0 Å². The van der Waals surface area contributed by atoms with Crippen LogP contribution >= 0.6 is 0 Å². The molecular formula is C11H19N5O. The maximum atomic E-state index is 5.50. The molecule has 2 heterocycles. The largest absolute Gasteiger partial charge is 0.377 e. The third kappa shape index (κ3) is 2.48. The maximum absolute atomic E-state index is 5.50. The van der Waals surface area contributed by atoms with Crippen LogP contribution in [0.4, 0.5) is 11.6 Å². The number of rotatable bonds is 2. The molecule has 94 valence electrons. The highest BCUT2D eigenvalue weighted by Gasteiger charge is 2.31. The van der Waals surface area contributed by atoms with Crippen molar-refractivity contribution in [2.75, 3.05) is 30.1 Å². The summed E-state index contributed by atoms with van der Waals surface area (Å²) in [6, 6.07) is 1.86. The van der Waals surface area contributed by atoms with Crippen LogP contribution in [0.25, 0.3) is 0 Å². The number of hydrogen-bond donors (Lipinski definition) is 2. The summed E-state index contributed by atoms with van der Waals surface area (Å²) in [6.45, 7) is 8.38. The first kappa shape index (κ1) is 12.1. The summed E-state index contributed by atoms with van der Waals surface area (Å²) >= 11 is 0. The number of nitrogens with zero attached hydrogens (tertiary/aromatic N) is 3. The van der Waals surface area contributed by atoms with Crippen LogP contribution in [-0.2, 0) is 4.74 Å². The fraction of sp³-hybridized carbons (Fsp3) is 0.636. The zero-order chi connectivity index (χ0) is 12.5. The van der Waals surface area contributed by atoms with E-state index in [2.05, 4.69) is 34.1 Å². The number of morpholine rings is 1. The van der Waals surface area contributed by atoms with E-state index in [1.807, 2.05) is 13.0 Å². The highest BCUT2D eigenvalue weighted by atomic mass is 16.5. The molecule has 0 amide bonds. The minimum atomic E-state index is -0.0646. The maximum Gasteiger partial charge on any atom is 0.145 e. The van der Waals surface area contributed by atoms with Crippen molar-refractivity contribution in [3.8, 4) is 0 Å². The van der Waals surface area contributed by atoms with Crippen LogP contribution in [0.5, 0.6) is 0 Å². The van der Waals surface area contributed by atoms with Gasteiger partial charge < -0.3 is 15.1 Å². The Hall–Kier alpha value is -1.40. The Morgan fingerprint density at radius 3 is 2.88 bits per heavy atom. The van der Waals surface area contributed by atoms with Crippen LogP contribution in [0.15, 0.2) is 6.07 Å². The highest BCUT2D eigenvalue weighted by Crippen LogP contribution is 2.26. The van der Waals surface area contributed by atoms with Crippen LogP contribution in [0.2, 0.25) is 0 Å². The Bertz CT molecular complexity index is 407. The molecule has 1 aliphatic heterocycles. The molecule has 17 heavy (non-hydrogen) atoms. The average molecular weight is 237 g/mol. The van der Waals surface area contributed by atoms with Gasteiger partial charge in [0.05, 0.1) is 18.8 Å². The third-order valence-electron chi connectivity index (χ3n) is 2.89. The quantitative estimate of drug-likeness (QED) is 0.582. The summed E-state index contributed by atoms with van der Waals surface area (Å²) in [6.07, 6.45) is 0. The van der Waals surface area contributed by atoms with Gasteiger partial charge in [0.1, 0.15) is 17.5 Å². The number of nitrogens with two attached hydrogens (primary N) is 1. The zero-order valence-electron chi connectivity index (χ0n) is 10.5. The number of aromatic nitrogens is 2. The number of aryl methyl sites for hydroxylation is 1. The molecule has 0 aromatic carbocycles. The summed E-state index contributed by atoms with van der Waals surface area (Å²) < 4.78 is 5.50. The van der Waals surface area contributed by atoms with Crippen molar-refractivity contribution in [3.05, 3.63) is 11.9 Å². The van der Waals surface area contributed by atoms with E-state index in [0.29, 0.717) is 18.2 Å². The minimum Gasteiger partial charge on any atom is -0.377 e. The molecule has 6 nitrogen and oxygen atoms in total. The lowest BCUT2D eigenvalue weighted by atomic mass is 10.0. The number of hydrogen-bond acceptors (Lipinski definition) is 6. The van der Waals surface area contributed by atoms with Gasteiger partial charge >= 0.3 is 0 Å². The van der Waals surface area contributed by atoms with Crippen molar-refractivity contribution < 1.29 is 4.74 Å². The average Bonchev–Trinajstić information content (AvgIpc) is 2.27. The Morgan fingerprint density at radius 1 is 1.47 bits per heavy atom. The number of nitrogen functional groups attached to an aromatic ring is 1. The third-order valence-corrected chi connectivity index (χ3v) is 2.89. The molecule has 0 spiro atoms. The lowest BCUT2D eigenvalue weighted by Crippen LogP contribution is -2.53. The Kier molecular flexibility index (Phi) is 3.17. The Labute approximate surface area is 101 Å². The molecule has 1 saturated heterocycles. The molecule has 0 radical (unpaired) electrons. The first-order valence-electron chi connectivity index (χ1n) is 5.70. The van der Waals surface area contributed by atoms with Gasteiger partial charge in [-0.2, -0.15) is 0 Å². The topological polar surface area (TPSA) is 76.3 Å². The molecule has 0 aliphatic carbocycles. The molecule has 1 aliphatic rings. The summed E-state index contributed by atoms with van der Waals surface area (Å²) in [5.74, 6) is 7.63. The van der Waals surface area contributed by atoms with Crippen molar-refractivity contribution in [3.63, 3.8) is 0 Å². The van der Waals surface area contributed by atoms with Crippen LogP contribution in [0.1, 0.15) is 19.7 Å². The van der Waals surface area contributed by atoms with Crippen molar-refractivity contribution in [2.45, 2.75) is 26.3 Å². The lowest BCUT2D eigenvalue weighted by molar-refractivity contribution is 0.0639. The van der Waals surface area contributed by atoms with Crippen molar-refractivity contribution >= 4 is 11.6 Å². The van der Waals surface area contributed by atoms with E-state index in [0.717, 1.165) is 19.0 Å². The lowest BCUT2D eigenvalue weighted by Gasteiger charge is -2.43. The molecule has 1 fully saturated rings. The molecule has 0 atom stereocenters. The number of nitrogens with one attached hydrogen (secondary N) is 1. The Balaban J connectivity index is 2.35. The van der Waals surface area contributed by atoms with E-state index in [1.165, 1.54) is 0 Å². The van der Waals surface area contributed by atoms with Gasteiger partial charge in [-0.3, -0.25) is 0 Å². The highest BCUT2D eigenvalue weighted by molar-refractivity contribution is 5.50. The summed E-state index contributed by atoms with van der Waals surface area (Å²) in [7, 11) is 0. The van der Waals surface area contributed by atoms with E-state index < -0.39 is 0 Å². The van der Waals surface area contributed by atoms with Crippen LogP contribution in [0, 0.1) is 6.92 Å². The number of hydrazine groups is 1. The molecule has 1 aromatic rings. The molecule has 0 saturated carbocycles. The first-order valence-corrected chi connectivity index (χ1v) is 5.70. The van der Waals surface area contributed by atoms with Crippen molar-refractivity contribution in [2.24, 2.45) is 5.84 Å². The summed E-state index contributed by atoms with van der Waals surface area (Å²) in [5, 5.41) is 0. The molecular weight excluding hydrogens is 218 g/mol. The van der Waals surface area contributed by atoms with Gasteiger partial charge in [-0.25, -0.2) is 15.8 Å². The second-order valence-corrected chi connectivity index (χ2v) is 4.82. The van der Waals surface area contributed by atoms with Crippen molar-refractivity contribution in [1.82, 2.24) is 9.97 Å². The first-order chi connectivity index (χ1) is 8.03. The standard InChI is InChI=1S/C11H19N5O/c1-8-13-9(15-12)6-10(14-8)16-4-5-17-7-11(16,2)3/h6H,4-5,7,12H2,1-3H3,(H,13,14,15). The number of anilines is 2. The van der Waals surface area contributed by atoms with Gasteiger partial charge in [-0.15, -0.1) is 0 Å². The second-order valence-electron chi connectivity index (χ2n) is 4.82. The van der Waals surface area contributed by atoms with Gasteiger partial charge in [0.15, 0.2) is 0 Å². The van der Waals surface area contributed by atoms with Gasteiger partial charge in [0.25, 0.3) is 0 Å². The molecule has 1 aromatic heterocycles. The summed E-state index contributed by atoms with van der Waals surface area (Å²) in [4.78, 5) is 10.9. The van der Waals surface area contributed by atoms with Gasteiger partial charge in [0.2, 0.25) is 0 Å². The SMILES string of the molecule is Cc1nc(NN)cc(N2CCOCC2(C)C)n1. The molecule has 3 N–H and O–H groups in total. The van der Waals surface area contributed by atoms with Crippen molar-refractivity contribution in [1.29, 1.82) is 0 Å². The van der Waals surface area contributed by atoms with E-state index >= 15 is 0 Å². The van der Waals surface area contributed by atoms with Gasteiger partial charge in [0, 0.05) is 12.6 Å². The summed E-state index contributed by atoms with van der Waals surface area (Å²) in [5.41, 5.74) is 2.50. The zero-order valence-corrected chi connectivity index (χ0v) is 10.5. The Morgan fingerprint density at radius 2 is 2.24 bits per heavy atom. The fourth-order valence-corrected chi connectivity index (χ4v) is 2.05. The van der Waals surface area contributed by atoms with E-state index in [1.54, 1.807) is 0 Å². The smallest absolute Gasteiger partial charge is 0.145 e. The fourth-order valence-electron chi connectivity index (χ4n) is 2.05. The van der Waals surface area contributed by atoms with E-state index in [-0.39, 0.29) is 5.54 Å². The van der Waals surface area contributed by atoms with Crippen LogP contribution < -0.4 is 16.2 Å². The molecule has 0 unspecified atom stereocenters. The molecule has 0 bridgehead atoms.